The van der Waals surface area contributed by atoms with Gasteiger partial charge in [0.1, 0.15) is 4.60 Å². The van der Waals surface area contributed by atoms with Gasteiger partial charge in [0, 0.05) is 11.5 Å². The highest BCUT2D eigenvalue weighted by Crippen LogP contribution is 2.03. The molecule has 0 aliphatic carbocycles. The summed E-state index contributed by atoms with van der Waals surface area (Å²) >= 11 is 3.17. The topological polar surface area (TPSA) is 74.5 Å². The normalized spacial score (nSPS) is 9.92. The smallest absolute Gasteiger partial charge is 0.124 e. The maximum atomic E-state index is 7.99. The highest BCUT2D eigenvalue weighted by atomic mass is 79.9. The van der Waals surface area contributed by atoms with E-state index in [2.05, 4.69) is 35.9 Å². The SMILES string of the molecule is [N-]=[N+]=NCC=Cc1cnc(Br)cn1. The third-order valence-electron chi connectivity index (χ3n) is 1.18. The predicted octanol–water partition coefficient (Wildman–Crippen LogP) is 2.56. The summed E-state index contributed by atoms with van der Waals surface area (Å²) in [4.78, 5) is 10.6. The van der Waals surface area contributed by atoms with Crippen molar-refractivity contribution in [2.24, 2.45) is 5.11 Å². The van der Waals surface area contributed by atoms with Crippen molar-refractivity contribution in [3.05, 3.63) is 39.2 Å². The fourth-order valence-corrected chi connectivity index (χ4v) is 0.870. The summed E-state index contributed by atoms with van der Waals surface area (Å²) in [7, 11) is 0. The second-order valence-electron chi connectivity index (χ2n) is 2.08. The molecule has 1 heterocycles. The molecule has 0 aliphatic rings. The Hall–Kier alpha value is -1.39. The van der Waals surface area contributed by atoms with Gasteiger partial charge in [0.05, 0.1) is 18.1 Å². The first-order chi connectivity index (χ1) is 6.33. The molecule has 0 aliphatic heterocycles. The molecule has 0 aromatic carbocycles. The zero-order valence-corrected chi connectivity index (χ0v) is 8.22. The average Bonchev–Trinajstić information content (AvgIpc) is 2.15. The molecule has 1 aromatic rings. The summed E-state index contributed by atoms with van der Waals surface area (Å²) in [5.74, 6) is 0. The number of azide groups is 1. The van der Waals surface area contributed by atoms with Crippen LogP contribution in [0.5, 0.6) is 0 Å². The molecule has 0 amide bonds. The molecule has 13 heavy (non-hydrogen) atoms. The van der Waals surface area contributed by atoms with E-state index in [1.54, 1.807) is 24.5 Å². The Balaban J connectivity index is 2.58. The van der Waals surface area contributed by atoms with Gasteiger partial charge in [0.15, 0.2) is 0 Å². The lowest BCUT2D eigenvalue weighted by Gasteiger charge is -1.90. The van der Waals surface area contributed by atoms with Crippen molar-refractivity contribution in [3.8, 4) is 0 Å². The third kappa shape index (κ3) is 3.68. The van der Waals surface area contributed by atoms with E-state index in [0.717, 1.165) is 5.69 Å². The Morgan fingerprint density at radius 1 is 1.54 bits per heavy atom. The summed E-state index contributed by atoms with van der Waals surface area (Å²) in [5, 5.41) is 3.34. The summed E-state index contributed by atoms with van der Waals surface area (Å²) < 4.78 is 0.694. The van der Waals surface area contributed by atoms with Crippen LogP contribution in [-0.4, -0.2) is 16.5 Å². The van der Waals surface area contributed by atoms with Gasteiger partial charge in [-0.25, -0.2) is 4.98 Å². The van der Waals surface area contributed by atoms with Gasteiger partial charge in [-0.05, 0) is 27.5 Å². The average molecular weight is 240 g/mol. The third-order valence-corrected chi connectivity index (χ3v) is 1.59. The molecule has 0 radical (unpaired) electrons. The van der Waals surface area contributed by atoms with Gasteiger partial charge in [0.2, 0.25) is 0 Å². The van der Waals surface area contributed by atoms with Gasteiger partial charge in [0.25, 0.3) is 0 Å². The monoisotopic (exact) mass is 239 g/mol. The predicted molar refractivity (Wildman–Crippen MR) is 52.8 cm³/mol. The molecule has 5 nitrogen and oxygen atoms in total. The fraction of sp³-hybridized carbons (Fsp3) is 0.143. The van der Waals surface area contributed by atoms with Crippen LogP contribution in [0.15, 0.2) is 28.2 Å². The van der Waals surface area contributed by atoms with Crippen molar-refractivity contribution in [3.63, 3.8) is 0 Å². The van der Waals surface area contributed by atoms with Crippen molar-refractivity contribution in [2.75, 3.05) is 6.54 Å². The van der Waals surface area contributed by atoms with Crippen LogP contribution in [0.3, 0.4) is 0 Å². The Labute approximate surface area is 83.3 Å². The van der Waals surface area contributed by atoms with Gasteiger partial charge in [-0.15, -0.1) is 0 Å². The van der Waals surface area contributed by atoms with Gasteiger partial charge in [-0.1, -0.05) is 11.2 Å². The van der Waals surface area contributed by atoms with Crippen molar-refractivity contribution in [2.45, 2.75) is 0 Å². The van der Waals surface area contributed by atoms with Crippen molar-refractivity contribution >= 4 is 22.0 Å². The van der Waals surface area contributed by atoms with Crippen molar-refractivity contribution in [1.29, 1.82) is 0 Å². The molecule has 0 bridgehead atoms. The van der Waals surface area contributed by atoms with E-state index in [-0.39, 0.29) is 0 Å². The quantitative estimate of drug-likeness (QED) is 0.462. The zero-order chi connectivity index (χ0) is 9.52. The zero-order valence-electron chi connectivity index (χ0n) is 6.63. The van der Waals surface area contributed by atoms with Gasteiger partial charge in [-0.3, -0.25) is 4.98 Å². The van der Waals surface area contributed by atoms with Crippen LogP contribution in [0.1, 0.15) is 5.69 Å². The number of halogens is 1. The lowest BCUT2D eigenvalue weighted by Crippen LogP contribution is -1.83. The van der Waals surface area contributed by atoms with Crippen LogP contribution in [-0.2, 0) is 0 Å². The summed E-state index contributed by atoms with van der Waals surface area (Å²) in [6, 6.07) is 0. The van der Waals surface area contributed by atoms with E-state index in [1.165, 1.54) is 0 Å². The lowest BCUT2D eigenvalue weighted by atomic mass is 10.4. The minimum atomic E-state index is 0.328. The molecule has 0 saturated heterocycles. The van der Waals surface area contributed by atoms with E-state index in [0.29, 0.717) is 11.1 Å². The molecular weight excluding hydrogens is 234 g/mol. The maximum absolute atomic E-state index is 7.99. The number of hydrogen-bond donors (Lipinski definition) is 0. The first-order valence-electron chi connectivity index (χ1n) is 3.48. The molecule has 0 unspecified atom stereocenters. The number of nitrogens with zero attached hydrogens (tertiary/aromatic N) is 5. The molecule has 1 aromatic heterocycles. The van der Waals surface area contributed by atoms with Crippen LogP contribution in [0.4, 0.5) is 0 Å². The Kier molecular flexibility index (Phi) is 3.95. The number of hydrogen-bond acceptors (Lipinski definition) is 3. The molecule has 0 fully saturated rings. The summed E-state index contributed by atoms with van der Waals surface area (Å²) in [6.07, 6.45) is 6.69. The molecule has 6 heteroatoms. The highest BCUT2D eigenvalue weighted by Gasteiger charge is 1.88. The van der Waals surface area contributed by atoms with Gasteiger partial charge >= 0.3 is 0 Å². The minimum Gasteiger partial charge on any atom is -0.252 e. The van der Waals surface area contributed by atoms with Crippen molar-refractivity contribution in [1.82, 2.24) is 9.97 Å². The molecular formula is C7H6BrN5. The van der Waals surface area contributed by atoms with Crippen molar-refractivity contribution < 1.29 is 0 Å². The Bertz CT molecular complexity index is 338. The molecule has 66 valence electrons. The molecule has 0 spiro atoms. The fourth-order valence-electron chi connectivity index (χ4n) is 0.665. The van der Waals surface area contributed by atoms with Gasteiger partial charge < -0.3 is 0 Å². The highest BCUT2D eigenvalue weighted by molar-refractivity contribution is 9.10. The largest absolute Gasteiger partial charge is 0.252 e. The lowest BCUT2D eigenvalue weighted by molar-refractivity contribution is 1.14. The van der Waals surface area contributed by atoms with E-state index in [4.69, 9.17) is 5.53 Å². The number of aromatic nitrogens is 2. The minimum absolute atomic E-state index is 0.328. The standard InChI is InChI=1S/C7H6BrN5/c8-7-5-10-6(4-11-7)2-1-3-12-13-9/h1-2,4-5H,3H2. The molecule has 1 rings (SSSR count). The van der Waals surface area contributed by atoms with Crippen LogP contribution in [0.25, 0.3) is 16.5 Å². The first kappa shape index (κ1) is 9.70. The summed E-state index contributed by atoms with van der Waals surface area (Å²) in [6.45, 7) is 0.328. The maximum Gasteiger partial charge on any atom is 0.124 e. The van der Waals surface area contributed by atoms with Crippen LogP contribution in [0.2, 0.25) is 0 Å². The van der Waals surface area contributed by atoms with E-state index >= 15 is 0 Å². The Morgan fingerprint density at radius 3 is 3.00 bits per heavy atom. The van der Waals surface area contributed by atoms with E-state index in [1.807, 2.05) is 0 Å². The molecule has 0 saturated carbocycles. The van der Waals surface area contributed by atoms with Crippen LogP contribution < -0.4 is 0 Å². The Morgan fingerprint density at radius 2 is 2.38 bits per heavy atom. The number of rotatable bonds is 3. The van der Waals surface area contributed by atoms with E-state index < -0.39 is 0 Å². The van der Waals surface area contributed by atoms with Crippen LogP contribution >= 0.6 is 15.9 Å². The van der Waals surface area contributed by atoms with E-state index in [9.17, 15) is 0 Å². The summed E-state index contributed by atoms with van der Waals surface area (Å²) in [5.41, 5.74) is 8.72. The molecule has 0 N–H and O–H groups in total. The first-order valence-corrected chi connectivity index (χ1v) is 4.27. The molecule has 0 atom stereocenters. The second-order valence-corrected chi connectivity index (χ2v) is 2.89. The van der Waals surface area contributed by atoms with Crippen LogP contribution in [0, 0.1) is 0 Å². The van der Waals surface area contributed by atoms with Gasteiger partial charge in [-0.2, -0.15) is 0 Å². The second kappa shape index (κ2) is 5.29.